The largest absolute Gasteiger partial charge is 0.639 e. The molecule has 0 aromatic rings. The summed E-state index contributed by atoms with van der Waals surface area (Å²) >= 11 is 0. The van der Waals surface area contributed by atoms with Crippen molar-refractivity contribution in [3.8, 4) is 0 Å². The quantitative estimate of drug-likeness (QED) is 0.541. The van der Waals surface area contributed by atoms with Gasteiger partial charge in [-0.3, -0.25) is 0 Å². The summed E-state index contributed by atoms with van der Waals surface area (Å²) in [5.41, 5.74) is 0. The van der Waals surface area contributed by atoms with Crippen molar-refractivity contribution >= 4 is 7.32 Å². The van der Waals surface area contributed by atoms with Crippen LogP contribution in [0.4, 0.5) is 26.3 Å². The predicted octanol–water partition coefficient (Wildman–Crippen LogP) is 1.78. The highest BCUT2D eigenvalue weighted by atomic mass is 19.4. The van der Waals surface area contributed by atoms with Crippen molar-refractivity contribution in [2.75, 3.05) is 20.3 Å². The topological polar surface area (TPSA) is 27.7 Å². The monoisotopic (exact) mass is 240 g/mol. The summed E-state index contributed by atoms with van der Waals surface area (Å²) in [6.07, 6.45) is -9.31. The molecule has 0 unspecified atom stereocenters. The lowest BCUT2D eigenvalue weighted by Crippen LogP contribution is -2.34. The van der Waals surface area contributed by atoms with Gasteiger partial charge in [-0.25, -0.2) is 0 Å². The highest BCUT2D eigenvalue weighted by molar-refractivity contribution is 6.36. The Morgan fingerprint density at radius 3 is 1.40 bits per heavy atom. The fourth-order valence-electron chi connectivity index (χ4n) is 0.509. The highest BCUT2D eigenvalue weighted by Gasteiger charge is 2.36. The van der Waals surface area contributed by atoms with E-state index in [1.165, 1.54) is 0 Å². The highest BCUT2D eigenvalue weighted by Crippen LogP contribution is 2.17. The molecule has 0 radical (unpaired) electrons. The summed E-state index contributed by atoms with van der Waals surface area (Å²) < 4.78 is 81.3. The third kappa shape index (κ3) is 9.82. The van der Waals surface area contributed by atoms with Crippen LogP contribution in [-0.4, -0.2) is 40.0 Å². The molecule has 0 saturated carbocycles. The second kappa shape index (κ2) is 5.57. The van der Waals surface area contributed by atoms with Crippen molar-refractivity contribution in [3.63, 3.8) is 0 Å². The zero-order chi connectivity index (χ0) is 12.1. The van der Waals surface area contributed by atoms with Crippen molar-refractivity contribution in [2.45, 2.75) is 12.4 Å². The molecule has 0 fully saturated rings. The summed E-state index contributed by atoms with van der Waals surface area (Å²) in [5, 5.41) is 0. The van der Waals surface area contributed by atoms with E-state index in [1.807, 2.05) is 0 Å². The number of halogens is 6. The Kier molecular flexibility index (Phi) is 5.39. The van der Waals surface area contributed by atoms with Gasteiger partial charge in [0.15, 0.2) is 0 Å². The van der Waals surface area contributed by atoms with E-state index in [1.54, 1.807) is 0 Å². The van der Waals surface area contributed by atoms with Gasteiger partial charge in [-0.1, -0.05) is 0 Å². The minimum atomic E-state index is -4.65. The molecule has 0 bridgehead atoms. The standard InChI is InChI=1S/C5H7BF6O3/c1-13-6(14-2-4(7,8)9)15-3-5(10,11)12/h2-3H2,1H3. The van der Waals surface area contributed by atoms with E-state index < -0.39 is 32.9 Å². The maximum absolute atomic E-state index is 11.6. The first-order chi connectivity index (χ1) is 6.64. The normalized spacial score (nSPS) is 13.0. The van der Waals surface area contributed by atoms with E-state index in [-0.39, 0.29) is 0 Å². The predicted molar refractivity (Wildman–Crippen MR) is 36.8 cm³/mol. The lowest BCUT2D eigenvalue weighted by molar-refractivity contribution is -0.174. The molecule has 0 aliphatic heterocycles. The molecule has 0 rings (SSSR count). The Labute approximate surface area is 81.5 Å². The maximum Gasteiger partial charge on any atom is 0.639 e. The Balaban J connectivity index is 3.84. The average molecular weight is 240 g/mol. The second-order valence-electron chi connectivity index (χ2n) is 2.38. The summed E-state index contributed by atoms with van der Waals surface area (Å²) in [4.78, 5) is 0. The van der Waals surface area contributed by atoms with Gasteiger partial charge < -0.3 is 14.0 Å². The molecule has 0 saturated heterocycles. The molecular weight excluding hydrogens is 233 g/mol. The molecule has 3 nitrogen and oxygen atoms in total. The number of hydrogen-bond acceptors (Lipinski definition) is 3. The molecule has 90 valence electrons. The molecule has 0 aromatic heterocycles. The molecule has 0 atom stereocenters. The van der Waals surface area contributed by atoms with E-state index in [0.29, 0.717) is 0 Å². The number of rotatable bonds is 5. The fourth-order valence-corrected chi connectivity index (χ4v) is 0.509. The van der Waals surface area contributed by atoms with Crippen LogP contribution in [0, 0.1) is 0 Å². The van der Waals surface area contributed by atoms with Gasteiger partial charge in [-0.15, -0.1) is 0 Å². The fraction of sp³-hybridized carbons (Fsp3) is 1.00. The van der Waals surface area contributed by atoms with Crippen LogP contribution in [0.1, 0.15) is 0 Å². The van der Waals surface area contributed by atoms with Crippen LogP contribution in [0.15, 0.2) is 0 Å². The van der Waals surface area contributed by atoms with Gasteiger partial charge in [-0.05, 0) is 0 Å². The molecule has 0 heterocycles. The average Bonchev–Trinajstić information content (AvgIpc) is 2.00. The van der Waals surface area contributed by atoms with Crippen LogP contribution >= 0.6 is 0 Å². The minimum absolute atomic E-state index is 0.859. The third-order valence-corrected chi connectivity index (χ3v) is 0.959. The Morgan fingerprint density at radius 1 is 0.867 bits per heavy atom. The van der Waals surface area contributed by atoms with Crippen LogP contribution in [0.3, 0.4) is 0 Å². The summed E-state index contributed by atoms with van der Waals surface area (Å²) in [6, 6.07) is 0. The molecule has 0 N–H and O–H groups in total. The molecule has 0 aromatic carbocycles. The SMILES string of the molecule is COB(OCC(F)(F)F)OCC(F)(F)F. The molecular formula is C5H7BF6O3. The maximum atomic E-state index is 11.6. The van der Waals surface area contributed by atoms with Crippen LogP contribution < -0.4 is 0 Å². The Morgan fingerprint density at radius 2 is 1.20 bits per heavy atom. The summed E-state index contributed by atoms with van der Waals surface area (Å²) in [5.74, 6) is 0. The van der Waals surface area contributed by atoms with Gasteiger partial charge in [0.2, 0.25) is 0 Å². The van der Waals surface area contributed by atoms with E-state index in [9.17, 15) is 26.3 Å². The lowest BCUT2D eigenvalue weighted by Gasteiger charge is -2.14. The van der Waals surface area contributed by atoms with Crippen LogP contribution in [-0.2, 0) is 14.0 Å². The first kappa shape index (κ1) is 14.5. The zero-order valence-electron chi connectivity index (χ0n) is 7.48. The van der Waals surface area contributed by atoms with Crippen LogP contribution in [0.25, 0.3) is 0 Å². The number of hydrogen-bond donors (Lipinski definition) is 0. The molecule has 0 spiro atoms. The minimum Gasteiger partial charge on any atom is -0.389 e. The summed E-state index contributed by atoms with van der Waals surface area (Å²) in [7, 11) is -1.13. The van der Waals surface area contributed by atoms with Gasteiger partial charge >= 0.3 is 19.7 Å². The molecule has 0 amide bonds. The van der Waals surface area contributed by atoms with Crippen molar-refractivity contribution in [3.05, 3.63) is 0 Å². The molecule has 15 heavy (non-hydrogen) atoms. The smallest absolute Gasteiger partial charge is 0.389 e. The Bertz CT molecular complexity index is 163. The van der Waals surface area contributed by atoms with Crippen LogP contribution in [0.5, 0.6) is 0 Å². The van der Waals surface area contributed by atoms with Crippen molar-refractivity contribution in [2.24, 2.45) is 0 Å². The van der Waals surface area contributed by atoms with E-state index in [4.69, 9.17) is 0 Å². The van der Waals surface area contributed by atoms with E-state index in [0.717, 1.165) is 7.11 Å². The van der Waals surface area contributed by atoms with Crippen molar-refractivity contribution < 1.29 is 40.3 Å². The Hall–Kier alpha value is -0.475. The lowest BCUT2D eigenvalue weighted by atomic mass is 10.2. The molecule has 10 heteroatoms. The van der Waals surface area contributed by atoms with Crippen LogP contribution in [0.2, 0.25) is 0 Å². The first-order valence-corrected chi connectivity index (χ1v) is 3.53. The van der Waals surface area contributed by atoms with E-state index >= 15 is 0 Å². The summed E-state index contributed by atoms with van der Waals surface area (Å²) in [6.45, 7) is -3.49. The van der Waals surface area contributed by atoms with Gasteiger partial charge in [0.25, 0.3) is 0 Å². The van der Waals surface area contributed by atoms with Gasteiger partial charge in [0.05, 0.1) is 0 Å². The molecule has 0 aliphatic carbocycles. The number of alkyl halides is 6. The van der Waals surface area contributed by atoms with Gasteiger partial charge in [-0.2, -0.15) is 26.3 Å². The second-order valence-corrected chi connectivity index (χ2v) is 2.38. The first-order valence-electron chi connectivity index (χ1n) is 3.53. The van der Waals surface area contributed by atoms with Crippen molar-refractivity contribution in [1.29, 1.82) is 0 Å². The zero-order valence-corrected chi connectivity index (χ0v) is 7.48. The van der Waals surface area contributed by atoms with Crippen molar-refractivity contribution in [1.82, 2.24) is 0 Å². The van der Waals surface area contributed by atoms with Gasteiger partial charge in [0.1, 0.15) is 13.2 Å². The van der Waals surface area contributed by atoms with Gasteiger partial charge in [0, 0.05) is 7.11 Å². The molecule has 0 aliphatic rings. The van der Waals surface area contributed by atoms with E-state index in [2.05, 4.69) is 14.0 Å². The third-order valence-electron chi connectivity index (χ3n) is 0.959.